The van der Waals surface area contributed by atoms with Crippen LogP contribution >= 0.6 is 11.3 Å². The zero-order valence-corrected chi connectivity index (χ0v) is 8.28. The summed E-state index contributed by atoms with van der Waals surface area (Å²) in [6, 6.07) is 1.60. The molecule has 14 heavy (non-hydrogen) atoms. The molecule has 1 aromatic rings. The highest BCUT2D eigenvalue weighted by atomic mass is 32.1. The smallest absolute Gasteiger partial charge is 0.160 e. The summed E-state index contributed by atoms with van der Waals surface area (Å²) < 4.78 is 0. The van der Waals surface area contributed by atoms with Crippen LogP contribution in [0.1, 0.15) is 27.8 Å². The summed E-state index contributed by atoms with van der Waals surface area (Å²) >= 11 is 1.21. The molecule has 0 saturated carbocycles. The fraction of sp³-hybridized carbons (Fsp3) is 0.444. The number of aliphatic hydroxyl groups is 3. The van der Waals surface area contributed by atoms with Gasteiger partial charge in [-0.05, 0) is 17.9 Å². The summed E-state index contributed by atoms with van der Waals surface area (Å²) in [6.07, 6.45) is -1.40. The normalized spacial score (nSPS) is 15.1. The van der Waals surface area contributed by atoms with Gasteiger partial charge in [-0.3, -0.25) is 4.79 Å². The molecule has 1 rings (SSSR count). The number of rotatable bonds is 5. The van der Waals surface area contributed by atoms with E-state index in [0.717, 1.165) is 0 Å². The first-order valence-electron chi connectivity index (χ1n) is 4.20. The van der Waals surface area contributed by atoms with E-state index in [4.69, 9.17) is 5.11 Å². The van der Waals surface area contributed by atoms with Crippen LogP contribution in [0.15, 0.2) is 11.4 Å². The molecule has 0 aliphatic rings. The Kier molecular flexibility index (Phi) is 4.21. The number of hydrogen-bond acceptors (Lipinski definition) is 5. The molecule has 0 aromatic carbocycles. The summed E-state index contributed by atoms with van der Waals surface area (Å²) in [4.78, 5) is 11.0. The van der Waals surface area contributed by atoms with Crippen molar-refractivity contribution < 1.29 is 20.1 Å². The minimum Gasteiger partial charge on any atom is -0.396 e. The molecule has 2 atom stereocenters. The largest absolute Gasteiger partial charge is 0.396 e. The number of carbonyl (C=O) groups is 1. The van der Waals surface area contributed by atoms with Crippen molar-refractivity contribution in [1.82, 2.24) is 0 Å². The molecule has 0 saturated heterocycles. The summed E-state index contributed by atoms with van der Waals surface area (Å²) in [5.74, 6) is 0. The zero-order valence-electron chi connectivity index (χ0n) is 7.46. The Bertz CT molecular complexity index is 297. The molecular formula is C9H12O4S. The van der Waals surface area contributed by atoms with Gasteiger partial charge >= 0.3 is 0 Å². The lowest BCUT2D eigenvalue weighted by Crippen LogP contribution is -2.19. The van der Waals surface area contributed by atoms with Crippen molar-refractivity contribution in [1.29, 1.82) is 0 Å². The molecule has 78 valence electrons. The molecule has 0 fully saturated rings. The van der Waals surface area contributed by atoms with Gasteiger partial charge in [0.1, 0.15) is 6.10 Å². The predicted octanol–water partition coefficient (Wildman–Crippen LogP) is 0.337. The van der Waals surface area contributed by atoms with Crippen LogP contribution in [0.25, 0.3) is 0 Å². The predicted molar refractivity (Wildman–Crippen MR) is 52.4 cm³/mol. The van der Waals surface area contributed by atoms with E-state index < -0.39 is 12.2 Å². The number of thiophene rings is 1. The highest BCUT2D eigenvalue weighted by Crippen LogP contribution is 2.25. The molecule has 0 aliphatic heterocycles. The first-order chi connectivity index (χ1) is 6.70. The topological polar surface area (TPSA) is 77.8 Å². The van der Waals surface area contributed by atoms with Crippen LogP contribution in [-0.2, 0) is 0 Å². The maximum atomic E-state index is 10.5. The molecule has 2 unspecified atom stereocenters. The third-order valence-electron chi connectivity index (χ3n) is 1.94. The first kappa shape index (κ1) is 11.3. The maximum absolute atomic E-state index is 10.5. The van der Waals surface area contributed by atoms with Gasteiger partial charge < -0.3 is 15.3 Å². The molecule has 3 N–H and O–H groups in total. The molecule has 0 bridgehead atoms. The van der Waals surface area contributed by atoms with Crippen molar-refractivity contribution in [2.75, 3.05) is 6.61 Å². The quantitative estimate of drug-likeness (QED) is 0.620. The standard InChI is InChI=1S/C9H12O4S/c10-3-1-7(12)9(13)6-2-4-14-8(6)5-11/h2,4-5,7,9-10,12-13H,1,3H2. The first-order valence-corrected chi connectivity index (χ1v) is 5.08. The van der Waals surface area contributed by atoms with E-state index in [-0.39, 0.29) is 13.0 Å². The van der Waals surface area contributed by atoms with Crippen molar-refractivity contribution in [2.24, 2.45) is 0 Å². The third-order valence-corrected chi connectivity index (χ3v) is 2.80. The lowest BCUT2D eigenvalue weighted by atomic mass is 10.0. The van der Waals surface area contributed by atoms with Gasteiger partial charge in [0.05, 0.1) is 11.0 Å². The summed E-state index contributed by atoms with van der Waals surface area (Å²) in [6.45, 7) is -0.196. The van der Waals surface area contributed by atoms with Gasteiger partial charge in [0.15, 0.2) is 6.29 Å². The number of aldehydes is 1. The maximum Gasteiger partial charge on any atom is 0.160 e. The van der Waals surface area contributed by atoms with Crippen molar-refractivity contribution in [3.63, 3.8) is 0 Å². The Morgan fingerprint density at radius 2 is 2.21 bits per heavy atom. The number of aliphatic hydroxyl groups excluding tert-OH is 3. The fourth-order valence-electron chi connectivity index (χ4n) is 1.17. The molecule has 0 aliphatic carbocycles. The lowest BCUT2D eigenvalue weighted by molar-refractivity contribution is 0.00421. The summed E-state index contributed by atoms with van der Waals surface area (Å²) in [7, 11) is 0. The van der Waals surface area contributed by atoms with Crippen LogP contribution < -0.4 is 0 Å². The minimum absolute atomic E-state index is 0.0926. The molecule has 0 amide bonds. The Morgan fingerprint density at radius 3 is 2.79 bits per heavy atom. The van der Waals surface area contributed by atoms with E-state index in [0.29, 0.717) is 16.7 Å². The second-order valence-electron chi connectivity index (χ2n) is 2.88. The van der Waals surface area contributed by atoms with E-state index in [1.807, 2.05) is 0 Å². The fourth-order valence-corrected chi connectivity index (χ4v) is 1.91. The molecule has 1 heterocycles. The van der Waals surface area contributed by atoms with E-state index in [9.17, 15) is 15.0 Å². The monoisotopic (exact) mass is 216 g/mol. The second-order valence-corrected chi connectivity index (χ2v) is 3.83. The van der Waals surface area contributed by atoms with Crippen LogP contribution in [0, 0.1) is 0 Å². The highest BCUT2D eigenvalue weighted by molar-refractivity contribution is 7.11. The Morgan fingerprint density at radius 1 is 1.50 bits per heavy atom. The summed E-state index contributed by atoms with van der Waals surface area (Å²) in [5, 5.41) is 29.2. The minimum atomic E-state index is -1.10. The van der Waals surface area contributed by atoms with Crippen molar-refractivity contribution in [3.05, 3.63) is 21.9 Å². The van der Waals surface area contributed by atoms with Crippen LogP contribution in [0.2, 0.25) is 0 Å². The van der Waals surface area contributed by atoms with Gasteiger partial charge in [-0.15, -0.1) is 11.3 Å². The van der Waals surface area contributed by atoms with Gasteiger partial charge in [-0.25, -0.2) is 0 Å². The number of hydrogen-bond donors (Lipinski definition) is 3. The average Bonchev–Trinajstić information content (AvgIpc) is 2.64. The highest BCUT2D eigenvalue weighted by Gasteiger charge is 2.21. The van der Waals surface area contributed by atoms with Crippen LogP contribution in [0.5, 0.6) is 0 Å². The zero-order chi connectivity index (χ0) is 10.6. The molecule has 1 aromatic heterocycles. The average molecular weight is 216 g/mol. The molecule has 5 heteroatoms. The van der Waals surface area contributed by atoms with Gasteiger partial charge in [-0.2, -0.15) is 0 Å². The lowest BCUT2D eigenvalue weighted by Gasteiger charge is -2.16. The van der Waals surface area contributed by atoms with E-state index in [1.165, 1.54) is 11.3 Å². The van der Waals surface area contributed by atoms with Crippen molar-refractivity contribution in [2.45, 2.75) is 18.6 Å². The number of carbonyl (C=O) groups excluding carboxylic acids is 1. The SMILES string of the molecule is O=Cc1sccc1C(O)C(O)CCO. The Hall–Kier alpha value is -0.750. The van der Waals surface area contributed by atoms with Crippen molar-refractivity contribution >= 4 is 17.6 Å². The van der Waals surface area contributed by atoms with E-state index in [1.54, 1.807) is 11.4 Å². The third kappa shape index (κ3) is 2.39. The molecule has 0 spiro atoms. The summed E-state index contributed by atoms with van der Waals surface area (Å²) in [5.41, 5.74) is 0.422. The van der Waals surface area contributed by atoms with Crippen LogP contribution in [-0.4, -0.2) is 34.3 Å². The Labute approximate surface area is 85.4 Å². The van der Waals surface area contributed by atoms with Crippen LogP contribution in [0.3, 0.4) is 0 Å². The van der Waals surface area contributed by atoms with Gasteiger partial charge in [0.2, 0.25) is 0 Å². The van der Waals surface area contributed by atoms with Crippen LogP contribution in [0.4, 0.5) is 0 Å². The molecular weight excluding hydrogens is 204 g/mol. The van der Waals surface area contributed by atoms with E-state index in [2.05, 4.69) is 0 Å². The van der Waals surface area contributed by atoms with Gasteiger partial charge in [0.25, 0.3) is 0 Å². The Balaban J connectivity index is 2.77. The molecule has 0 radical (unpaired) electrons. The molecule has 4 nitrogen and oxygen atoms in total. The second kappa shape index (κ2) is 5.21. The van der Waals surface area contributed by atoms with E-state index >= 15 is 0 Å². The van der Waals surface area contributed by atoms with Gasteiger partial charge in [0, 0.05) is 12.2 Å². The van der Waals surface area contributed by atoms with Crippen molar-refractivity contribution in [3.8, 4) is 0 Å². The van der Waals surface area contributed by atoms with Gasteiger partial charge in [-0.1, -0.05) is 0 Å².